The predicted octanol–water partition coefficient (Wildman–Crippen LogP) is 2.98. The van der Waals surface area contributed by atoms with E-state index in [4.69, 9.17) is 4.42 Å². The Bertz CT molecular complexity index is 1020. The summed E-state index contributed by atoms with van der Waals surface area (Å²) in [7, 11) is 1.69. The standard InChI is InChI=1S/C20H22F3N7O/c1-24-19(25-13-17-26-18(28-27-17)16-6-3-11-31-16)30-9-7-29(8-10-30)15-5-2-4-14(12-15)20(21,22)23/h2-6,11-12H,7-10,13H2,1H3,(H,24,25)(H,26,27,28). The van der Waals surface area contributed by atoms with Gasteiger partial charge in [-0.3, -0.25) is 10.1 Å². The van der Waals surface area contributed by atoms with E-state index >= 15 is 0 Å². The lowest BCUT2D eigenvalue weighted by atomic mass is 10.1. The van der Waals surface area contributed by atoms with Gasteiger partial charge in [0.25, 0.3) is 0 Å². The van der Waals surface area contributed by atoms with Crippen LogP contribution in [-0.2, 0) is 12.7 Å². The van der Waals surface area contributed by atoms with Crippen molar-refractivity contribution in [2.45, 2.75) is 12.7 Å². The Kier molecular flexibility index (Phi) is 5.83. The van der Waals surface area contributed by atoms with E-state index in [9.17, 15) is 13.2 Å². The highest BCUT2D eigenvalue weighted by Crippen LogP contribution is 2.31. The van der Waals surface area contributed by atoms with Gasteiger partial charge in [-0.25, -0.2) is 4.98 Å². The van der Waals surface area contributed by atoms with Crippen molar-refractivity contribution in [1.29, 1.82) is 0 Å². The molecule has 3 aromatic rings. The number of guanidine groups is 1. The molecule has 0 aliphatic carbocycles. The number of rotatable bonds is 4. The third-order valence-corrected chi connectivity index (χ3v) is 5.02. The van der Waals surface area contributed by atoms with Crippen molar-refractivity contribution in [2.75, 3.05) is 38.1 Å². The lowest BCUT2D eigenvalue weighted by molar-refractivity contribution is -0.137. The molecule has 2 N–H and O–H groups in total. The highest BCUT2D eigenvalue weighted by molar-refractivity contribution is 5.80. The lowest BCUT2D eigenvalue weighted by Gasteiger charge is -2.37. The maximum atomic E-state index is 13.0. The van der Waals surface area contributed by atoms with E-state index in [1.807, 2.05) is 4.90 Å². The number of benzene rings is 1. The number of nitrogens with zero attached hydrogens (tertiary/aromatic N) is 5. The van der Waals surface area contributed by atoms with E-state index in [0.29, 0.717) is 61.8 Å². The number of piperazine rings is 1. The molecule has 0 bridgehead atoms. The molecule has 1 saturated heterocycles. The largest absolute Gasteiger partial charge is 0.461 e. The number of H-pyrrole nitrogens is 1. The van der Waals surface area contributed by atoms with Crippen LogP contribution in [0.25, 0.3) is 11.6 Å². The van der Waals surface area contributed by atoms with Crippen molar-refractivity contribution in [1.82, 2.24) is 25.4 Å². The number of aliphatic imine (C=N–C) groups is 1. The normalized spacial score (nSPS) is 15.4. The Morgan fingerprint density at radius 1 is 1.19 bits per heavy atom. The number of nitrogens with one attached hydrogen (secondary N) is 2. The van der Waals surface area contributed by atoms with Gasteiger partial charge in [0.15, 0.2) is 11.7 Å². The lowest BCUT2D eigenvalue weighted by Crippen LogP contribution is -2.52. The topological polar surface area (TPSA) is 85.6 Å². The monoisotopic (exact) mass is 433 g/mol. The van der Waals surface area contributed by atoms with Gasteiger partial charge >= 0.3 is 6.18 Å². The zero-order valence-electron chi connectivity index (χ0n) is 16.9. The maximum Gasteiger partial charge on any atom is 0.416 e. The van der Waals surface area contributed by atoms with E-state index in [1.54, 1.807) is 31.5 Å². The number of aromatic nitrogens is 3. The van der Waals surface area contributed by atoms with Crippen molar-refractivity contribution in [3.63, 3.8) is 0 Å². The molecule has 164 valence electrons. The summed E-state index contributed by atoms with van der Waals surface area (Å²) in [6.45, 7) is 2.84. The molecule has 0 spiro atoms. The first-order valence-corrected chi connectivity index (χ1v) is 9.77. The molecule has 3 heterocycles. The summed E-state index contributed by atoms with van der Waals surface area (Å²) >= 11 is 0. The number of anilines is 1. The Labute approximate surface area is 176 Å². The number of halogens is 3. The molecule has 0 atom stereocenters. The molecule has 4 rings (SSSR count). The van der Waals surface area contributed by atoms with E-state index < -0.39 is 11.7 Å². The molecule has 0 radical (unpaired) electrons. The van der Waals surface area contributed by atoms with Crippen molar-refractivity contribution < 1.29 is 17.6 Å². The van der Waals surface area contributed by atoms with Crippen LogP contribution in [0.2, 0.25) is 0 Å². The molecule has 11 heteroatoms. The minimum Gasteiger partial charge on any atom is -0.461 e. The Hall–Kier alpha value is -3.50. The van der Waals surface area contributed by atoms with E-state index in [-0.39, 0.29) is 0 Å². The quantitative estimate of drug-likeness (QED) is 0.486. The second kappa shape index (κ2) is 8.70. The van der Waals surface area contributed by atoms with Crippen LogP contribution in [0.4, 0.5) is 18.9 Å². The summed E-state index contributed by atoms with van der Waals surface area (Å²) in [5, 5.41) is 10.2. The minimum atomic E-state index is -4.35. The third kappa shape index (κ3) is 4.81. The summed E-state index contributed by atoms with van der Waals surface area (Å²) in [6.07, 6.45) is -2.79. The third-order valence-electron chi connectivity index (χ3n) is 5.02. The minimum absolute atomic E-state index is 0.397. The average molecular weight is 433 g/mol. The number of aromatic amines is 1. The SMILES string of the molecule is CN=C(NCc1nc(-c2ccco2)n[nH]1)N1CCN(c2cccc(C(F)(F)F)c2)CC1. The molecule has 8 nitrogen and oxygen atoms in total. The van der Waals surface area contributed by atoms with Gasteiger partial charge in [0.2, 0.25) is 5.82 Å². The van der Waals surface area contributed by atoms with Gasteiger partial charge in [-0.1, -0.05) is 6.07 Å². The number of alkyl halides is 3. The molecule has 1 aliphatic heterocycles. The van der Waals surface area contributed by atoms with Crippen molar-refractivity contribution in [3.8, 4) is 11.6 Å². The van der Waals surface area contributed by atoms with E-state index in [1.165, 1.54) is 12.1 Å². The van der Waals surface area contributed by atoms with Gasteiger partial charge < -0.3 is 19.5 Å². The van der Waals surface area contributed by atoms with Gasteiger partial charge in [0.1, 0.15) is 5.82 Å². The Balaban J connectivity index is 1.32. The Morgan fingerprint density at radius 3 is 2.68 bits per heavy atom. The molecule has 1 aliphatic rings. The molecule has 31 heavy (non-hydrogen) atoms. The highest BCUT2D eigenvalue weighted by atomic mass is 19.4. The summed E-state index contributed by atoms with van der Waals surface area (Å²) in [5.74, 6) is 2.39. The molecule has 0 unspecified atom stereocenters. The number of hydrogen-bond acceptors (Lipinski definition) is 5. The van der Waals surface area contributed by atoms with Gasteiger partial charge in [-0.05, 0) is 30.3 Å². The van der Waals surface area contributed by atoms with Crippen molar-refractivity contribution in [2.24, 2.45) is 4.99 Å². The van der Waals surface area contributed by atoms with Gasteiger partial charge in [0.05, 0.1) is 18.4 Å². The number of hydrogen-bond donors (Lipinski definition) is 2. The first kappa shape index (κ1) is 20.8. The highest BCUT2D eigenvalue weighted by Gasteiger charge is 2.31. The first-order valence-electron chi connectivity index (χ1n) is 9.77. The fraction of sp³-hybridized carbons (Fsp3) is 0.350. The first-order chi connectivity index (χ1) is 14.9. The number of furan rings is 1. The summed E-state index contributed by atoms with van der Waals surface area (Å²) in [5.41, 5.74) is -0.0598. The maximum absolute atomic E-state index is 13.0. The molecular weight excluding hydrogens is 411 g/mol. The van der Waals surface area contributed by atoms with Crippen LogP contribution in [0.1, 0.15) is 11.4 Å². The summed E-state index contributed by atoms with van der Waals surface area (Å²) in [6, 6.07) is 8.99. The van der Waals surface area contributed by atoms with Crippen LogP contribution in [0.5, 0.6) is 0 Å². The van der Waals surface area contributed by atoms with Crippen LogP contribution in [0.3, 0.4) is 0 Å². The van der Waals surface area contributed by atoms with Crippen molar-refractivity contribution in [3.05, 3.63) is 54.0 Å². The van der Waals surface area contributed by atoms with Crippen LogP contribution in [-0.4, -0.2) is 59.3 Å². The molecule has 0 saturated carbocycles. The summed E-state index contributed by atoms with van der Waals surface area (Å²) < 4.78 is 44.2. The smallest absolute Gasteiger partial charge is 0.416 e. The molecule has 1 fully saturated rings. The zero-order valence-corrected chi connectivity index (χ0v) is 16.9. The predicted molar refractivity (Wildman–Crippen MR) is 110 cm³/mol. The van der Waals surface area contributed by atoms with E-state index in [2.05, 4.69) is 30.4 Å². The molecular formula is C20H22F3N7O. The van der Waals surface area contributed by atoms with Crippen LogP contribution >= 0.6 is 0 Å². The van der Waals surface area contributed by atoms with Crippen molar-refractivity contribution >= 4 is 11.6 Å². The molecule has 1 aromatic carbocycles. The van der Waals surface area contributed by atoms with E-state index in [0.717, 1.165) is 6.07 Å². The van der Waals surface area contributed by atoms with Crippen LogP contribution in [0.15, 0.2) is 52.1 Å². The molecule has 2 aromatic heterocycles. The zero-order chi connectivity index (χ0) is 21.8. The average Bonchev–Trinajstić information content (AvgIpc) is 3.46. The van der Waals surface area contributed by atoms with Gasteiger partial charge in [0, 0.05) is 38.9 Å². The fourth-order valence-electron chi connectivity index (χ4n) is 3.44. The fourth-order valence-corrected chi connectivity index (χ4v) is 3.44. The Morgan fingerprint density at radius 2 is 2.00 bits per heavy atom. The molecule has 0 amide bonds. The van der Waals surface area contributed by atoms with Crippen LogP contribution in [0, 0.1) is 0 Å². The second-order valence-electron chi connectivity index (χ2n) is 7.01. The summed E-state index contributed by atoms with van der Waals surface area (Å²) in [4.78, 5) is 12.7. The van der Waals surface area contributed by atoms with Gasteiger partial charge in [-0.15, -0.1) is 5.10 Å². The second-order valence-corrected chi connectivity index (χ2v) is 7.01. The van der Waals surface area contributed by atoms with Gasteiger partial charge in [-0.2, -0.15) is 13.2 Å². The van der Waals surface area contributed by atoms with Crippen LogP contribution < -0.4 is 10.2 Å².